The molecular weight excluding hydrogens is 505 g/mol. The van der Waals surface area contributed by atoms with Gasteiger partial charge in [0.2, 0.25) is 0 Å². The van der Waals surface area contributed by atoms with Crippen LogP contribution in [-0.2, 0) is 0 Å². The van der Waals surface area contributed by atoms with Crippen LogP contribution in [0.25, 0.3) is 0 Å². The summed E-state index contributed by atoms with van der Waals surface area (Å²) < 4.78 is 11.0. The van der Waals surface area contributed by atoms with Gasteiger partial charge in [0, 0.05) is 37.2 Å². The number of guanidine groups is 1. The number of hydrogen-bond donors (Lipinski definition) is 2. The SMILES string of the molecule is CN=C(NCC(C)c1c(C)noc1C)NCC(c1ccccc1OC)N1CCCC1.I. The van der Waals surface area contributed by atoms with Crippen molar-refractivity contribution >= 4 is 29.9 Å². The molecule has 0 spiro atoms. The number of likely N-dealkylation sites (tertiary alicyclic amines) is 1. The lowest BCUT2D eigenvalue weighted by Gasteiger charge is -2.30. The first-order chi connectivity index (χ1) is 14.5. The van der Waals surface area contributed by atoms with Crippen molar-refractivity contribution in [3.63, 3.8) is 0 Å². The summed E-state index contributed by atoms with van der Waals surface area (Å²) in [4.78, 5) is 6.96. The third kappa shape index (κ3) is 6.35. The second kappa shape index (κ2) is 12.3. The lowest BCUT2D eigenvalue weighted by atomic mass is 10.00. The normalized spacial score (nSPS) is 16.5. The third-order valence-electron chi connectivity index (χ3n) is 5.92. The summed E-state index contributed by atoms with van der Waals surface area (Å²) in [6.45, 7) is 9.87. The molecule has 2 heterocycles. The van der Waals surface area contributed by atoms with Crippen LogP contribution >= 0.6 is 24.0 Å². The molecule has 7 nitrogen and oxygen atoms in total. The van der Waals surface area contributed by atoms with Crippen LogP contribution < -0.4 is 15.4 Å². The standard InChI is InChI=1S/C23H35N5O2.HI/c1-16(22-17(2)27-30-18(22)3)14-25-23(24-4)26-15-20(28-12-8-9-13-28)19-10-6-7-11-21(19)29-5;/h6-7,10-11,16,20H,8-9,12-15H2,1-5H3,(H2,24,25,26);1H. The van der Waals surface area contributed by atoms with Gasteiger partial charge < -0.3 is 19.9 Å². The summed E-state index contributed by atoms with van der Waals surface area (Å²) in [5.41, 5.74) is 3.34. The Labute approximate surface area is 203 Å². The lowest BCUT2D eigenvalue weighted by Crippen LogP contribution is -2.43. The second-order valence-corrected chi connectivity index (χ2v) is 7.97. The predicted octanol–water partition coefficient (Wildman–Crippen LogP) is 4.02. The van der Waals surface area contributed by atoms with Crippen LogP contribution in [0, 0.1) is 13.8 Å². The Bertz CT molecular complexity index is 829. The van der Waals surface area contributed by atoms with Gasteiger partial charge in [0.15, 0.2) is 5.96 Å². The second-order valence-electron chi connectivity index (χ2n) is 7.97. The number of nitrogens with one attached hydrogen (secondary N) is 2. The van der Waals surface area contributed by atoms with Gasteiger partial charge in [-0.3, -0.25) is 9.89 Å². The van der Waals surface area contributed by atoms with Gasteiger partial charge in [0.25, 0.3) is 0 Å². The Balaban J connectivity index is 0.00000341. The van der Waals surface area contributed by atoms with Crippen molar-refractivity contribution in [2.24, 2.45) is 4.99 Å². The van der Waals surface area contributed by atoms with Crippen LogP contribution in [0.2, 0.25) is 0 Å². The van der Waals surface area contributed by atoms with Gasteiger partial charge in [-0.2, -0.15) is 0 Å². The molecule has 1 aliphatic heterocycles. The molecule has 2 atom stereocenters. The highest BCUT2D eigenvalue weighted by molar-refractivity contribution is 14.0. The van der Waals surface area contributed by atoms with Gasteiger partial charge in [-0.15, -0.1) is 24.0 Å². The Hall–Kier alpha value is -1.81. The van der Waals surface area contributed by atoms with E-state index in [4.69, 9.17) is 9.26 Å². The number of aliphatic imine (C=N–C) groups is 1. The van der Waals surface area contributed by atoms with Crippen LogP contribution in [0.15, 0.2) is 33.8 Å². The fourth-order valence-corrected chi connectivity index (χ4v) is 4.39. The van der Waals surface area contributed by atoms with Crippen molar-refractivity contribution in [3.05, 3.63) is 46.8 Å². The van der Waals surface area contributed by atoms with Gasteiger partial charge in [0.1, 0.15) is 11.5 Å². The largest absolute Gasteiger partial charge is 0.496 e. The molecule has 1 aliphatic rings. The summed E-state index contributed by atoms with van der Waals surface area (Å²) >= 11 is 0. The first-order valence-electron chi connectivity index (χ1n) is 10.8. The minimum absolute atomic E-state index is 0. The van der Waals surface area contributed by atoms with Gasteiger partial charge in [-0.25, -0.2) is 0 Å². The Kier molecular flexibility index (Phi) is 10.1. The quantitative estimate of drug-likeness (QED) is 0.299. The van der Waals surface area contributed by atoms with Crippen molar-refractivity contribution in [3.8, 4) is 5.75 Å². The molecule has 0 amide bonds. The maximum atomic E-state index is 5.65. The van der Waals surface area contributed by atoms with E-state index < -0.39 is 0 Å². The zero-order chi connectivity index (χ0) is 21.5. The van der Waals surface area contributed by atoms with Crippen molar-refractivity contribution in [2.45, 2.75) is 45.6 Å². The maximum Gasteiger partial charge on any atom is 0.191 e. The Morgan fingerprint density at radius 2 is 1.87 bits per heavy atom. The molecule has 2 aromatic rings. The zero-order valence-electron chi connectivity index (χ0n) is 19.3. The van der Waals surface area contributed by atoms with Crippen molar-refractivity contribution in [1.29, 1.82) is 0 Å². The van der Waals surface area contributed by atoms with Crippen molar-refractivity contribution < 1.29 is 9.26 Å². The Morgan fingerprint density at radius 3 is 2.48 bits per heavy atom. The smallest absolute Gasteiger partial charge is 0.191 e. The van der Waals surface area contributed by atoms with E-state index >= 15 is 0 Å². The lowest BCUT2D eigenvalue weighted by molar-refractivity contribution is 0.239. The number of aromatic nitrogens is 1. The molecule has 172 valence electrons. The average molecular weight is 541 g/mol. The average Bonchev–Trinajstić information content (AvgIpc) is 3.40. The molecule has 1 saturated heterocycles. The molecule has 2 unspecified atom stereocenters. The molecule has 0 radical (unpaired) electrons. The first kappa shape index (κ1) is 25.5. The molecule has 0 aliphatic carbocycles. The number of hydrogen-bond acceptors (Lipinski definition) is 5. The van der Waals surface area contributed by atoms with Crippen LogP contribution in [0.1, 0.15) is 54.3 Å². The highest BCUT2D eigenvalue weighted by Gasteiger charge is 2.26. The van der Waals surface area contributed by atoms with Gasteiger partial charge in [-0.05, 0) is 45.8 Å². The molecule has 1 aromatic heterocycles. The maximum absolute atomic E-state index is 5.65. The van der Waals surface area contributed by atoms with E-state index in [1.807, 2.05) is 33.0 Å². The first-order valence-corrected chi connectivity index (χ1v) is 10.8. The number of benzene rings is 1. The van der Waals surface area contributed by atoms with Gasteiger partial charge in [-0.1, -0.05) is 30.3 Å². The van der Waals surface area contributed by atoms with E-state index in [2.05, 4.69) is 44.7 Å². The molecule has 0 bridgehead atoms. The monoisotopic (exact) mass is 541 g/mol. The number of rotatable bonds is 8. The molecule has 31 heavy (non-hydrogen) atoms. The van der Waals surface area contributed by atoms with Gasteiger partial charge >= 0.3 is 0 Å². The van der Waals surface area contributed by atoms with Gasteiger partial charge in [0.05, 0.1) is 18.8 Å². The third-order valence-corrected chi connectivity index (χ3v) is 5.92. The molecular formula is C23H36IN5O2. The molecule has 0 saturated carbocycles. The van der Waals surface area contributed by atoms with Crippen LogP contribution in [0.5, 0.6) is 5.75 Å². The predicted molar refractivity (Wildman–Crippen MR) is 136 cm³/mol. The minimum Gasteiger partial charge on any atom is -0.496 e. The fraction of sp³-hybridized carbons (Fsp3) is 0.565. The Morgan fingerprint density at radius 1 is 1.19 bits per heavy atom. The van der Waals surface area contributed by atoms with E-state index in [1.54, 1.807) is 7.11 Å². The summed E-state index contributed by atoms with van der Waals surface area (Å²) in [5.74, 6) is 2.90. The summed E-state index contributed by atoms with van der Waals surface area (Å²) in [5, 5.41) is 11.1. The number of halogens is 1. The van der Waals surface area contributed by atoms with Crippen LogP contribution in [0.3, 0.4) is 0 Å². The zero-order valence-corrected chi connectivity index (χ0v) is 21.6. The number of methoxy groups -OCH3 is 1. The highest BCUT2D eigenvalue weighted by atomic mass is 127. The molecule has 3 rings (SSSR count). The summed E-state index contributed by atoms with van der Waals surface area (Å²) in [7, 11) is 3.55. The van der Waals surface area contributed by atoms with Crippen molar-refractivity contribution in [1.82, 2.24) is 20.7 Å². The van der Waals surface area contributed by atoms with Crippen LogP contribution in [-0.4, -0.2) is 56.4 Å². The van der Waals surface area contributed by atoms with E-state index in [0.29, 0.717) is 0 Å². The number of ether oxygens (including phenoxy) is 1. The van der Waals surface area contributed by atoms with E-state index in [9.17, 15) is 0 Å². The topological polar surface area (TPSA) is 74.9 Å². The molecule has 8 heteroatoms. The number of aryl methyl sites for hydroxylation is 2. The number of nitrogens with zero attached hydrogens (tertiary/aromatic N) is 3. The summed E-state index contributed by atoms with van der Waals surface area (Å²) in [6, 6.07) is 8.55. The molecule has 1 fully saturated rings. The van der Waals surface area contributed by atoms with E-state index in [1.165, 1.54) is 24.0 Å². The van der Waals surface area contributed by atoms with Crippen LogP contribution in [0.4, 0.5) is 0 Å². The number of para-hydroxylation sites is 1. The van der Waals surface area contributed by atoms with E-state index in [-0.39, 0.29) is 35.9 Å². The minimum atomic E-state index is 0. The summed E-state index contributed by atoms with van der Waals surface area (Å²) in [6.07, 6.45) is 2.49. The fourth-order valence-electron chi connectivity index (χ4n) is 4.39. The molecule has 1 aromatic carbocycles. The molecule has 2 N–H and O–H groups in total. The van der Waals surface area contributed by atoms with Crippen molar-refractivity contribution in [2.75, 3.05) is 40.3 Å². The van der Waals surface area contributed by atoms with E-state index in [0.717, 1.165) is 49.3 Å². The highest BCUT2D eigenvalue weighted by Crippen LogP contribution is 2.31.